The van der Waals surface area contributed by atoms with Crippen LogP contribution in [0, 0.1) is 6.92 Å². The van der Waals surface area contributed by atoms with Crippen molar-refractivity contribution in [3.8, 4) is 17.4 Å². The molecule has 4 aromatic rings. The van der Waals surface area contributed by atoms with Gasteiger partial charge in [-0.15, -0.1) is 0 Å². The van der Waals surface area contributed by atoms with Gasteiger partial charge in [-0.1, -0.05) is 6.07 Å². The summed E-state index contributed by atoms with van der Waals surface area (Å²) < 4.78 is 52.9. The molecule has 42 heavy (non-hydrogen) atoms. The van der Waals surface area contributed by atoms with E-state index in [-0.39, 0.29) is 17.1 Å². The van der Waals surface area contributed by atoms with Crippen molar-refractivity contribution in [3.63, 3.8) is 0 Å². The van der Waals surface area contributed by atoms with Crippen molar-refractivity contribution in [1.29, 1.82) is 0 Å². The zero-order valence-electron chi connectivity index (χ0n) is 23.7. The van der Waals surface area contributed by atoms with Crippen LogP contribution in [-0.2, 0) is 6.18 Å². The largest absolute Gasteiger partial charge is 0.495 e. The lowest BCUT2D eigenvalue weighted by Crippen LogP contribution is -2.44. The van der Waals surface area contributed by atoms with Crippen LogP contribution >= 0.6 is 0 Å². The maximum Gasteiger partial charge on any atom is 0.416 e. The Bertz CT molecular complexity index is 1620. The molecule has 1 aliphatic heterocycles. The number of aromatic nitrogens is 2. The number of nitrogens with zero attached hydrogens (tertiary/aromatic N) is 4. The Morgan fingerprint density at radius 2 is 1.74 bits per heavy atom. The summed E-state index contributed by atoms with van der Waals surface area (Å²) in [6, 6.07) is 12.0. The van der Waals surface area contributed by atoms with E-state index >= 15 is 0 Å². The molecule has 0 radical (unpaired) electrons. The first kappa shape index (κ1) is 28.9. The molecule has 220 valence electrons. The molecule has 2 N–H and O–H groups in total. The van der Waals surface area contributed by atoms with Crippen molar-refractivity contribution in [1.82, 2.24) is 14.9 Å². The normalized spacial score (nSPS) is 14.1. The number of alkyl halides is 3. The number of methoxy groups -OCH3 is 1. The zero-order chi connectivity index (χ0) is 30.0. The summed E-state index contributed by atoms with van der Waals surface area (Å²) in [5.41, 5.74) is 1.95. The molecular formula is C30H31F3N6O3. The maximum absolute atomic E-state index is 13.8. The van der Waals surface area contributed by atoms with Gasteiger partial charge in [0, 0.05) is 50.2 Å². The Kier molecular flexibility index (Phi) is 8.08. The summed E-state index contributed by atoms with van der Waals surface area (Å²) in [5, 5.41) is 6.30. The quantitative estimate of drug-likeness (QED) is 0.283. The lowest BCUT2D eigenvalue weighted by molar-refractivity contribution is -0.137. The van der Waals surface area contributed by atoms with E-state index in [4.69, 9.17) is 9.47 Å². The van der Waals surface area contributed by atoms with Gasteiger partial charge in [0.1, 0.15) is 17.8 Å². The SMILES string of the molecule is CNc1cc2ncnc(Oc3cc(C(=O)Nc4cc(N5CCN(C)CC5)cc(C(F)(F)F)c4)ccc3C)c2cc1OC. The molecule has 1 aromatic heterocycles. The highest BCUT2D eigenvalue weighted by Gasteiger charge is 2.32. The summed E-state index contributed by atoms with van der Waals surface area (Å²) in [6.45, 7) is 4.45. The fourth-order valence-electron chi connectivity index (χ4n) is 4.76. The summed E-state index contributed by atoms with van der Waals surface area (Å²) in [4.78, 5) is 25.9. The molecule has 1 aliphatic rings. The first-order valence-corrected chi connectivity index (χ1v) is 13.3. The number of carbonyl (C=O) groups excluding carboxylic acids is 1. The number of benzene rings is 3. The third kappa shape index (κ3) is 6.18. The van der Waals surface area contributed by atoms with E-state index in [1.54, 1.807) is 38.4 Å². The van der Waals surface area contributed by atoms with E-state index in [1.165, 1.54) is 12.4 Å². The highest BCUT2D eigenvalue weighted by molar-refractivity contribution is 6.05. The summed E-state index contributed by atoms with van der Waals surface area (Å²) in [6.07, 6.45) is -3.19. The average molecular weight is 581 g/mol. The predicted octanol–water partition coefficient (Wildman–Crippen LogP) is 5.80. The Hall–Kier alpha value is -4.58. The lowest BCUT2D eigenvalue weighted by Gasteiger charge is -2.34. The van der Waals surface area contributed by atoms with E-state index in [1.807, 2.05) is 24.9 Å². The molecule has 9 nitrogen and oxygen atoms in total. The van der Waals surface area contributed by atoms with Crippen LogP contribution in [0.15, 0.2) is 54.9 Å². The number of hydrogen-bond donors (Lipinski definition) is 2. The van der Waals surface area contributed by atoms with E-state index < -0.39 is 17.6 Å². The van der Waals surface area contributed by atoms with Gasteiger partial charge >= 0.3 is 6.18 Å². The standard InChI is InChI=1S/C30H31F3N6O3/c1-18-5-6-19(11-26(18)42-29-23-15-27(41-4)25(34-2)16-24(23)35-17-36-29)28(40)37-21-12-20(30(31,32)33)13-22(14-21)39-9-7-38(3)8-10-39/h5-6,11-17,34H,7-10H2,1-4H3,(H,37,40). The van der Waals surface area contributed by atoms with E-state index in [9.17, 15) is 18.0 Å². The number of amides is 1. The van der Waals surface area contributed by atoms with Crippen molar-refractivity contribution in [3.05, 3.63) is 71.5 Å². The Balaban J connectivity index is 1.43. The zero-order valence-corrected chi connectivity index (χ0v) is 23.7. The highest BCUT2D eigenvalue weighted by atomic mass is 19.4. The molecule has 0 bridgehead atoms. The van der Waals surface area contributed by atoms with Crippen LogP contribution in [0.4, 0.5) is 30.2 Å². The van der Waals surface area contributed by atoms with E-state index in [0.29, 0.717) is 41.2 Å². The van der Waals surface area contributed by atoms with Crippen molar-refractivity contribution >= 4 is 33.9 Å². The number of anilines is 3. The van der Waals surface area contributed by atoms with Gasteiger partial charge in [0.2, 0.25) is 5.88 Å². The van der Waals surface area contributed by atoms with Crippen LogP contribution in [0.1, 0.15) is 21.5 Å². The minimum absolute atomic E-state index is 0.0565. The number of halogens is 3. The Labute approximate surface area is 241 Å². The second-order valence-corrected chi connectivity index (χ2v) is 10.1. The molecule has 1 fully saturated rings. The maximum atomic E-state index is 13.8. The Morgan fingerprint density at radius 3 is 2.43 bits per heavy atom. The number of rotatable bonds is 7. The number of aryl methyl sites for hydroxylation is 1. The molecular weight excluding hydrogens is 549 g/mol. The number of piperazine rings is 1. The summed E-state index contributed by atoms with van der Waals surface area (Å²) in [7, 11) is 5.30. The van der Waals surface area contributed by atoms with Crippen molar-refractivity contribution < 1.29 is 27.4 Å². The molecule has 3 aromatic carbocycles. The molecule has 2 heterocycles. The van der Waals surface area contributed by atoms with Crippen LogP contribution in [0.3, 0.4) is 0 Å². The Morgan fingerprint density at radius 1 is 0.976 bits per heavy atom. The van der Waals surface area contributed by atoms with Gasteiger partial charge in [-0.3, -0.25) is 4.79 Å². The number of carbonyl (C=O) groups is 1. The number of ether oxygens (including phenoxy) is 2. The fraction of sp³-hybridized carbons (Fsp3) is 0.300. The van der Waals surface area contributed by atoms with Crippen LogP contribution in [-0.4, -0.2) is 68.2 Å². The number of fused-ring (bicyclic) bond motifs is 1. The highest BCUT2D eigenvalue weighted by Crippen LogP contribution is 2.37. The van der Waals surface area contributed by atoms with Gasteiger partial charge in [-0.05, 0) is 62.0 Å². The number of nitrogens with one attached hydrogen (secondary N) is 2. The number of hydrogen-bond acceptors (Lipinski definition) is 8. The second-order valence-electron chi connectivity index (χ2n) is 10.1. The van der Waals surface area contributed by atoms with Gasteiger partial charge in [0.15, 0.2) is 0 Å². The van der Waals surface area contributed by atoms with Crippen LogP contribution in [0.5, 0.6) is 17.4 Å². The molecule has 12 heteroatoms. The molecule has 0 unspecified atom stereocenters. The second kappa shape index (κ2) is 11.7. The lowest BCUT2D eigenvalue weighted by atomic mass is 10.1. The van der Waals surface area contributed by atoms with Crippen molar-refractivity contribution in [2.45, 2.75) is 13.1 Å². The van der Waals surface area contributed by atoms with Crippen molar-refractivity contribution in [2.24, 2.45) is 0 Å². The molecule has 1 amide bonds. The van der Waals surface area contributed by atoms with Gasteiger partial charge in [0.05, 0.1) is 29.3 Å². The van der Waals surface area contributed by atoms with Crippen LogP contribution < -0.4 is 25.0 Å². The van der Waals surface area contributed by atoms with Gasteiger partial charge in [-0.25, -0.2) is 9.97 Å². The summed E-state index contributed by atoms with van der Waals surface area (Å²) >= 11 is 0. The minimum Gasteiger partial charge on any atom is -0.495 e. The average Bonchev–Trinajstić information content (AvgIpc) is 2.97. The molecule has 0 aliphatic carbocycles. The topological polar surface area (TPSA) is 91.9 Å². The first-order chi connectivity index (χ1) is 20.0. The molecule has 5 rings (SSSR count). The molecule has 0 spiro atoms. The predicted molar refractivity (Wildman–Crippen MR) is 156 cm³/mol. The molecule has 0 saturated carbocycles. The van der Waals surface area contributed by atoms with Crippen molar-refractivity contribution in [2.75, 3.05) is 62.9 Å². The third-order valence-corrected chi connectivity index (χ3v) is 7.22. The molecule has 1 saturated heterocycles. The van der Waals surface area contributed by atoms with Gasteiger partial charge in [-0.2, -0.15) is 13.2 Å². The third-order valence-electron chi connectivity index (χ3n) is 7.22. The first-order valence-electron chi connectivity index (χ1n) is 13.3. The molecule has 0 atom stereocenters. The van der Waals surface area contributed by atoms with Crippen LogP contribution in [0.2, 0.25) is 0 Å². The smallest absolute Gasteiger partial charge is 0.416 e. The summed E-state index contributed by atoms with van der Waals surface area (Å²) in [5.74, 6) is 0.626. The van der Waals surface area contributed by atoms with E-state index in [0.717, 1.165) is 36.5 Å². The van der Waals surface area contributed by atoms with E-state index in [2.05, 4.69) is 25.5 Å². The van der Waals surface area contributed by atoms with Crippen LogP contribution in [0.25, 0.3) is 10.9 Å². The van der Waals surface area contributed by atoms with Gasteiger partial charge < -0.3 is 29.9 Å². The fourth-order valence-corrected chi connectivity index (χ4v) is 4.76. The van der Waals surface area contributed by atoms with Gasteiger partial charge in [0.25, 0.3) is 5.91 Å². The monoisotopic (exact) mass is 580 g/mol. The minimum atomic E-state index is -4.57. The number of likely N-dealkylation sites (N-methyl/N-ethyl adjacent to an activating group) is 1.